The molecule has 6 nitrogen and oxygen atoms in total. The molecule has 0 atom stereocenters. The molecule has 1 aromatic heterocycles. The number of piperidine rings is 1. The number of carbonyl (C=O) groups is 3. The molecule has 2 aromatic rings. The van der Waals surface area contributed by atoms with Crippen LogP contribution in [0.25, 0.3) is 6.08 Å². The fraction of sp³-hybridized carbons (Fsp3) is 0.348. The van der Waals surface area contributed by atoms with Gasteiger partial charge in [0.2, 0.25) is 5.91 Å². The van der Waals surface area contributed by atoms with Gasteiger partial charge in [-0.15, -0.1) is 0 Å². The van der Waals surface area contributed by atoms with Gasteiger partial charge < -0.3 is 9.32 Å². The number of hydrogen-bond donors (Lipinski definition) is 0. The first-order chi connectivity index (χ1) is 14.9. The number of rotatable bonds is 5. The van der Waals surface area contributed by atoms with Crippen molar-refractivity contribution >= 4 is 46.7 Å². The minimum absolute atomic E-state index is 0.176. The average molecular weight is 457 g/mol. The zero-order valence-electron chi connectivity index (χ0n) is 17.5. The molecule has 0 aliphatic carbocycles. The first-order valence-corrected chi connectivity index (χ1v) is 11.9. The summed E-state index contributed by atoms with van der Waals surface area (Å²) in [5.41, 5.74) is 1.19. The molecule has 0 unspecified atom stereocenters. The van der Waals surface area contributed by atoms with E-state index in [1.165, 1.54) is 17.3 Å². The molecule has 8 heteroatoms. The summed E-state index contributed by atoms with van der Waals surface area (Å²) in [4.78, 5) is 41.7. The van der Waals surface area contributed by atoms with Gasteiger partial charge in [0.1, 0.15) is 12.3 Å². The third kappa shape index (κ3) is 5.25. The molecule has 3 amide bonds. The van der Waals surface area contributed by atoms with E-state index in [4.69, 9.17) is 4.42 Å². The lowest BCUT2D eigenvalue weighted by molar-refractivity contribution is -0.136. The maximum atomic E-state index is 12.7. The number of nitrogens with zero attached hydrogens (tertiary/aromatic N) is 2. The van der Waals surface area contributed by atoms with Crippen molar-refractivity contribution in [3.05, 3.63) is 52.6 Å². The molecule has 2 fully saturated rings. The summed E-state index contributed by atoms with van der Waals surface area (Å²) >= 11 is 2.33. The third-order valence-electron chi connectivity index (χ3n) is 5.42. The van der Waals surface area contributed by atoms with Crippen LogP contribution in [-0.4, -0.2) is 46.5 Å². The molecule has 1 aromatic carbocycles. The second-order valence-electron chi connectivity index (χ2n) is 7.90. The Morgan fingerprint density at radius 2 is 1.87 bits per heavy atom. The highest BCUT2D eigenvalue weighted by Gasteiger charge is 2.37. The Kier molecular flexibility index (Phi) is 6.57. The Morgan fingerprint density at radius 3 is 2.58 bits per heavy atom. The van der Waals surface area contributed by atoms with Gasteiger partial charge in [-0.3, -0.25) is 19.3 Å². The highest BCUT2D eigenvalue weighted by atomic mass is 32.2. The van der Waals surface area contributed by atoms with E-state index in [9.17, 15) is 14.4 Å². The number of aryl methyl sites for hydroxylation is 1. The summed E-state index contributed by atoms with van der Waals surface area (Å²) in [5.74, 6) is 0.478. The lowest BCUT2D eigenvalue weighted by atomic mass is 9.99. The molecule has 2 aliphatic rings. The van der Waals surface area contributed by atoms with Crippen molar-refractivity contribution in [3.63, 3.8) is 0 Å². The van der Waals surface area contributed by atoms with Gasteiger partial charge in [-0.1, -0.05) is 36.4 Å². The molecule has 0 radical (unpaired) electrons. The van der Waals surface area contributed by atoms with E-state index in [1.54, 1.807) is 17.0 Å². The van der Waals surface area contributed by atoms with Crippen LogP contribution >= 0.6 is 23.5 Å². The Hall–Kier alpha value is -2.45. The number of imide groups is 1. The van der Waals surface area contributed by atoms with Crippen molar-refractivity contribution in [1.82, 2.24) is 9.80 Å². The van der Waals surface area contributed by atoms with Crippen LogP contribution in [0.4, 0.5) is 4.79 Å². The lowest BCUT2D eigenvalue weighted by Gasteiger charge is -2.31. The number of furan rings is 1. The van der Waals surface area contributed by atoms with Crippen molar-refractivity contribution in [2.45, 2.75) is 36.7 Å². The Morgan fingerprint density at radius 1 is 1.16 bits per heavy atom. The summed E-state index contributed by atoms with van der Waals surface area (Å²) in [6.45, 7) is 5.36. The lowest BCUT2D eigenvalue weighted by Crippen LogP contribution is -2.45. The summed E-state index contributed by atoms with van der Waals surface area (Å²) in [6, 6.07) is 11.7. The van der Waals surface area contributed by atoms with Gasteiger partial charge >= 0.3 is 0 Å². The van der Waals surface area contributed by atoms with Gasteiger partial charge in [-0.2, -0.15) is 0 Å². The summed E-state index contributed by atoms with van der Waals surface area (Å²) in [5, 5.41) is 0.277. The van der Waals surface area contributed by atoms with E-state index >= 15 is 0 Å². The highest BCUT2D eigenvalue weighted by Crippen LogP contribution is 2.34. The van der Waals surface area contributed by atoms with Gasteiger partial charge in [-0.05, 0) is 61.7 Å². The minimum Gasteiger partial charge on any atom is -0.450 e. The Bertz CT molecular complexity index is 1020. The number of benzene rings is 1. The molecule has 0 N–H and O–H groups in total. The van der Waals surface area contributed by atoms with Crippen LogP contribution < -0.4 is 0 Å². The molecule has 162 valence electrons. The highest BCUT2D eigenvalue weighted by molar-refractivity contribution is 8.18. The maximum Gasteiger partial charge on any atom is 0.294 e. The summed E-state index contributed by atoms with van der Waals surface area (Å²) in [6.07, 6.45) is 3.47. The van der Waals surface area contributed by atoms with Crippen LogP contribution in [-0.2, 0) is 9.59 Å². The van der Waals surface area contributed by atoms with Crippen molar-refractivity contribution in [2.24, 2.45) is 5.92 Å². The van der Waals surface area contributed by atoms with Crippen molar-refractivity contribution in [1.29, 1.82) is 0 Å². The molecular formula is C23H24N2O4S2. The second kappa shape index (κ2) is 9.36. The molecule has 2 saturated heterocycles. The molecular weight excluding hydrogens is 432 g/mol. The number of thioether (sulfide) groups is 1. The van der Waals surface area contributed by atoms with Crippen LogP contribution in [0.1, 0.15) is 31.1 Å². The third-order valence-corrected chi connectivity index (χ3v) is 7.25. The van der Waals surface area contributed by atoms with Crippen LogP contribution in [0.15, 0.2) is 55.7 Å². The standard InChI is InChI=1S/C23H24N2O4S2/c1-15-3-6-18(7-4-15)30-21-8-5-17(29-21)13-19-22(27)25(23(28)31-19)14-20(26)24-11-9-16(2)10-12-24/h3-8,13,16H,9-12,14H2,1-2H3/b19-13-. The fourth-order valence-corrected chi connectivity index (χ4v) is 5.04. The first-order valence-electron chi connectivity index (χ1n) is 10.3. The molecule has 0 bridgehead atoms. The normalized spacial score (nSPS) is 19.0. The number of hydrogen-bond acceptors (Lipinski definition) is 6. The van der Waals surface area contributed by atoms with E-state index in [2.05, 4.69) is 6.92 Å². The fourth-order valence-electron chi connectivity index (χ4n) is 3.45. The van der Waals surface area contributed by atoms with Gasteiger partial charge in [0.05, 0.1) is 4.91 Å². The maximum absolute atomic E-state index is 12.7. The largest absolute Gasteiger partial charge is 0.450 e. The van der Waals surface area contributed by atoms with Crippen LogP contribution in [0.2, 0.25) is 0 Å². The topological polar surface area (TPSA) is 70.8 Å². The number of likely N-dealkylation sites (tertiary alicyclic amines) is 1. The smallest absolute Gasteiger partial charge is 0.294 e. The van der Waals surface area contributed by atoms with E-state index < -0.39 is 11.1 Å². The van der Waals surface area contributed by atoms with E-state index in [-0.39, 0.29) is 17.4 Å². The summed E-state index contributed by atoms with van der Waals surface area (Å²) in [7, 11) is 0. The number of amides is 3. The van der Waals surface area contributed by atoms with Gasteiger partial charge in [0, 0.05) is 24.1 Å². The van der Waals surface area contributed by atoms with Crippen LogP contribution in [0.5, 0.6) is 0 Å². The molecule has 0 saturated carbocycles. The quantitative estimate of drug-likeness (QED) is 0.588. The SMILES string of the molecule is Cc1ccc(Sc2ccc(/C=C3\SC(=O)N(CC(=O)N4CCC(C)CC4)C3=O)o2)cc1. The average Bonchev–Trinajstić information content (AvgIpc) is 3.29. The van der Waals surface area contributed by atoms with Crippen LogP contribution in [0.3, 0.4) is 0 Å². The van der Waals surface area contributed by atoms with Crippen LogP contribution in [0, 0.1) is 12.8 Å². The van der Waals surface area contributed by atoms with Crippen molar-refractivity contribution < 1.29 is 18.8 Å². The zero-order chi connectivity index (χ0) is 22.0. The minimum atomic E-state index is -0.446. The number of carbonyl (C=O) groups excluding carboxylic acids is 3. The molecule has 4 rings (SSSR count). The van der Waals surface area contributed by atoms with Gasteiger partial charge in [0.15, 0.2) is 5.09 Å². The van der Waals surface area contributed by atoms with Gasteiger partial charge in [0.25, 0.3) is 11.1 Å². The second-order valence-corrected chi connectivity index (χ2v) is 9.97. The van der Waals surface area contributed by atoms with Crippen molar-refractivity contribution in [2.75, 3.05) is 19.6 Å². The van der Waals surface area contributed by atoms with E-state index in [0.29, 0.717) is 29.9 Å². The Labute approximate surface area is 190 Å². The predicted molar refractivity (Wildman–Crippen MR) is 122 cm³/mol. The molecule has 31 heavy (non-hydrogen) atoms. The molecule has 3 heterocycles. The van der Waals surface area contributed by atoms with Crippen molar-refractivity contribution in [3.8, 4) is 0 Å². The van der Waals surface area contributed by atoms with E-state index in [0.717, 1.165) is 34.4 Å². The van der Waals surface area contributed by atoms with Gasteiger partial charge in [-0.25, -0.2) is 0 Å². The summed E-state index contributed by atoms with van der Waals surface area (Å²) < 4.78 is 5.80. The van der Waals surface area contributed by atoms with E-state index in [1.807, 2.05) is 37.3 Å². The first kappa shape index (κ1) is 21.8. The zero-order valence-corrected chi connectivity index (χ0v) is 19.1. The molecule has 0 spiro atoms. The Balaban J connectivity index is 1.39. The monoisotopic (exact) mass is 456 g/mol. The predicted octanol–water partition coefficient (Wildman–Crippen LogP) is 5.03. The molecule has 2 aliphatic heterocycles.